The molecular formula is C86H70N2. The van der Waals surface area contributed by atoms with Crippen molar-refractivity contribution in [2.45, 2.75) is 77.0 Å². The minimum atomic E-state index is -0.201. The molecule has 0 amide bonds. The second-order valence-electron chi connectivity index (χ2n) is 27.0. The molecule has 2 nitrogen and oxygen atoms in total. The summed E-state index contributed by atoms with van der Waals surface area (Å²) in [5, 5.41) is 0. The summed E-state index contributed by atoms with van der Waals surface area (Å²) in [7, 11) is 0. The Labute approximate surface area is 519 Å². The topological polar surface area (TPSA) is 6.48 Å². The number of para-hydroxylation sites is 2. The molecule has 0 bridgehead atoms. The average Bonchev–Trinajstić information content (AvgIpc) is 1.57. The molecule has 16 rings (SSSR count). The number of anilines is 6. The van der Waals surface area contributed by atoms with E-state index in [-0.39, 0.29) is 21.7 Å². The van der Waals surface area contributed by atoms with Gasteiger partial charge in [-0.3, -0.25) is 0 Å². The largest absolute Gasteiger partial charge is 0.310 e. The van der Waals surface area contributed by atoms with Gasteiger partial charge < -0.3 is 9.80 Å². The predicted molar refractivity (Wildman–Crippen MR) is 372 cm³/mol. The summed E-state index contributed by atoms with van der Waals surface area (Å²) < 4.78 is 0. The molecule has 0 unspecified atom stereocenters. The summed E-state index contributed by atoms with van der Waals surface area (Å²) in [6.07, 6.45) is 4.65. The van der Waals surface area contributed by atoms with Crippen molar-refractivity contribution in [3.63, 3.8) is 0 Å². The number of nitrogens with zero attached hydrogens (tertiary/aromatic N) is 2. The summed E-state index contributed by atoms with van der Waals surface area (Å²) in [4.78, 5) is 4.80. The van der Waals surface area contributed by atoms with E-state index in [1.165, 1.54) is 122 Å². The van der Waals surface area contributed by atoms with Gasteiger partial charge in [-0.25, -0.2) is 0 Å². The fourth-order valence-electron chi connectivity index (χ4n) is 15.5. The van der Waals surface area contributed by atoms with Gasteiger partial charge in [0, 0.05) is 55.8 Å². The molecule has 0 aromatic heterocycles. The minimum absolute atomic E-state index is 0.175. The molecule has 4 aliphatic carbocycles. The lowest BCUT2D eigenvalue weighted by atomic mass is 9.79. The molecule has 4 aliphatic rings. The van der Waals surface area contributed by atoms with Crippen molar-refractivity contribution >= 4 is 46.3 Å². The van der Waals surface area contributed by atoms with Crippen LogP contribution in [0.2, 0.25) is 0 Å². The Morgan fingerprint density at radius 2 is 0.443 bits per heavy atom. The fraction of sp³-hybridized carbons (Fsp3) is 0.140. The number of hydrogen-bond acceptors (Lipinski definition) is 2. The third kappa shape index (κ3) is 8.29. The van der Waals surface area contributed by atoms with Crippen molar-refractivity contribution in [2.24, 2.45) is 0 Å². The molecule has 0 radical (unpaired) electrons. The van der Waals surface area contributed by atoms with Gasteiger partial charge in [0.1, 0.15) is 0 Å². The monoisotopic (exact) mass is 1130 g/mol. The van der Waals surface area contributed by atoms with Crippen LogP contribution in [-0.4, -0.2) is 0 Å². The average molecular weight is 1130 g/mol. The van der Waals surface area contributed by atoms with Crippen molar-refractivity contribution < 1.29 is 0 Å². The highest BCUT2D eigenvalue weighted by molar-refractivity contribution is 5.94. The molecule has 0 atom stereocenters. The highest BCUT2D eigenvalue weighted by atomic mass is 15.1. The van der Waals surface area contributed by atoms with E-state index in [9.17, 15) is 0 Å². The lowest BCUT2D eigenvalue weighted by Crippen LogP contribution is -2.17. The summed E-state index contributed by atoms with van der Waals surface area (Å²) in [6, 6.07) is 99.6. The van der Waals surface area contributed by atoms with Gasteiger partial charge in [0.2, 0.25) is 0 Å². The van der Waals surface area contributed by atoms with Crippen molar-refractivity contribution in [1.29, 1.82) is 0 Å². The zero-order valence-corrected chi connectivity index (χ0v) is 51.5. The fourth-order valence-corrected chi connectivity index (χ4v) is 15.5. The lowest BCUT2D eigenvalue weighted by Gasteiger charge is -2.28. The van der Waals surface area contributed by atoms with Crippen molar-refractivity contribution in [1.82, 2.24) is 0 Å². The zero-order chi connectivity index (χ0) is 59.8. The van der Waals surface area contributed by atoms with Crippen molar-refractivity contribution in [3.05, 3.63) is 323 Å². The number of hydrogen-bond donors (Lipinski definition) is 0. The molecule has 0 N–H and O–H groups in total. The smallest absolute Gasteiger partial charge is 0.0465 e. The van der Waals surface area contributed by atoms with E-state index in [1.807, 2.05) is 0 Å². The Morgan fingerprint density at radius 3 is 0.761 bits per heavy atom. The standard InChI is InChI=1S/C86H70N2/c1-83(2)75-47-55(31-43-67(75)71-51-81-73(53-79(71)83)69-45-41-65(49-77(69)85(81,5)6)87(61-25-17-11-18-26-61)63-37-33-59(34-38-63)57-21-13-9-14-22-57)29-30-56-32-44-68-72-52-82-74(54-80(72)84(3,4)76(68)48-56)70-46-42-66(50-78(70)86(82,7)8)88(62-27-19-12-20-28-62)64-39-35-60(36-40-64)58-23-15-10-16-24-58/h9-54H,1-8H3/b30-29+. The maximum Gasteiger partial charge on any atom is 0.0465 e. The first-order valence-electron chi connectivity index (χ1n) is 31.3. The quantitative estimate of drug-likeness (QED) is 0.126. The Balaban J connectivity index is 0.669. The minimum Gasteiger partial charge on any atom is -0.310 e. The Morgan fingerprint density at radius 1 is 0.205 bits per heavy atom. The van der Waals surface area contributed by atoms with Crippen LogP contribution in [0, 0.1) is 0 Å². The maximum atomic E-state index is 2.53. The van der Waals surface area contributed by atoms with Gasteiger partial charge in [0.15, 0.2) is 0 Å². The molecule has 0 saturated heterocycles. The van der Waals surface area contributed by atoms with E-state index in [2.05, 4.69) is 344 Å². The Hall–Kier alpha value is -10.0. The van der Waals surface area contributed by atoms with E-state index in [0.717, 1.165) is 34.1 Å². The highest BCUT2D eigenvalue weighted by Gasteiger charge is 2.44. The van der Waals surface area contributed by atoms with Gasteiger partial charge in [-0.2, -0.15) is 0 Å². The first-order chi connectivity index (χ1) is 42.6. The van der Waals surface area contributed by atoms with Crippen LogP contribution >= 0.6 is 0 Å². The molecule has 0 fully saturated rings. The van der Waals surface area contributed by atoms with Gasteiger partial charge in [0.05, 0.1) is 0 Å². The summed E-state index contributed by atoms with van der Waals surface area (Å²) >= 11 is 0. The third-order valence-electron chi connectivity index (χ3n) is 20.4. The van der Waals surface area contributed by atoms with Crippen molar-refractivity contribution in [2.75, 3.05) is 9.80 Å². The summed E-state index contributed by atoms with van der Waals surface area (Å²) in [5.74, 6) is 0. The lowest BCUT2D eigenvalue weighted by molar-refractivity contribution is 0.652. The van der Waals surface area contributed by atoms with Gasteiger partial charge in [0.25, 0.3) is 0 Å². The van der Waals surface area contributed by atoms with Gasteiger partial charge in [-0.05, 0) is 219 Å². The van der Waals surface area contributed by atoms with E-state index in [4.69, 9.17) is 0 Å². The second-order valence-corrected chi connectivity index (χ2v) is 27.0. The van der Waals surface area contributed by atoms with Gasteiger partial charge in [-0.15, -0.1) is 0 Å². The van der Waals surface area contributed by atoms with E-state index in [1.54, 1.807) is 0 Å². The van der Waals surface area contributed by atoms with Gasteiger partial charge in [-0.1, -0.05) is 237 Å². The molecule has 0 spiro atoms. The van der Waals surface area contributed by atoms with Crippen LogP contribution in [0.1, 0.15) is 111 Å². The van der Waals surface area contributed by atoms with Crippen LogP contribution in [0.5, 0.6) is 0 Å². The SMILES string of the molecule is CC1(C)c2cc(/C=C/c3ccc4c(c3)C(C)(C)c3cc5c(cc3-4)C(C)(C)c3cc(N(c4ccccc4)c4ccc(-c6ccccc6)cc4)ccc3-5)ccc2-c2cc3c(cc21)-c1ccc(N(c2ccccc2)c2ccc(-c4ccccc4)cc2)cc1C3(C)C. The predicted octanol–water partition coefficient (Wildman–Crippen LogP) is 23.4. The van der Waals surface area contributed by atoms with Crippen LogP contribution in [-0.2, 0) is 21.7 Å². The zero-order valence-electron chi connectivity index (χ0n) is 51.5. The Bertz CT molecular complexity index is 4490. The van der Waals surface area contributed by atoms with Crippen LogP contribution < -0.4 is 9.80 Å². The maximum absolute atomic E-state index is 2.53. The van der Waals surface area contributed by atoms with Crippen LogP contribution in [0.25, 0.3) is 78.9 Å². The van der Waals surface area contributed by atoms with Crippen LogP contribution in [0.4, 0.5) is 34.1 Å². The molecule has 12 aromatic carbocycles. The molecule has 2 heteroatoms. The Kier molecular flexibility index (Phi) is 12.0. The molecule has 0 aliphatic heterocycles. The van der Waals surface area contributed by atoms with Gasteiger partial charge >= 0.3 is 0 Å². The highest BCUT2D eigenvalue weighted by Crippen LogP contribution is 2.59. The molecular weight excluding hydrogens is 1060 g/mol. The van der Waals surface area contributed by atoms with E-state index in [0.29, 0.717) is 0 Å². The van der Waals surface area contributed by atoms with Crippen molar-refractivity contribution in [3.8, 4) is 66.8 Å². The summed E-state index contributed by atoms with van der Waals surface area (Å²) in [5.41, 5.74) is 35.3. The number of benzene rings is 12. The second kappa shape index (κ2) is 19.8. The molecule has 88 heavy (non-hydrogen) atoms. The molecule has 12 aromatic rings. The van der Waals surface area contributed by atoms with E-state index >= 15 is 0 Å². The van der Waals surface area contributed by atoms with Crippen LogP contribution in [0.3, 0.4) is 0 Å². The van der Waals surface area contributed by atoms with E-state index < -0.39 is 0 Å². The first kappa shape index (κ1) is 53.5. The molecule has 0 heterocycles. The number of fused-ring (bicyclic) bond motifs is 12. The molecule has 424 valence electrons. The third-order valence-corrected chi connectivity index (χ3v) is 20.4. The molecule has 0 saturated carbocycles. The number of rotatable bonds is 10. The summed E-state index contributed by atoms with van der Waals surface area (Å²) in [6.45, 7) is 19.3. The normalized spacial score (nSPS) is 15.1. The van der Waals surface area contributed by atoms with Crippen LogP contribution in [0.15, 0.2) is 267 Å². The first-order valence-corrected chi connectivity index (χ1v) is 31.3.